The van der Waals surface area contributed by atoms with Crippen molar-refractivity contribution in [3.8, 4) is 5.75 Å². The maximum absolute atomic E-state index is 12.0. The Morgan fingerprint density at radius 1 is 1.15 bits per heavy atom. The van der Waals surface area contributed by atoms with E-state index in [1.54, 1.807) is 6.07 Å². The summed E-state index contributed by atoms with van der Waals surface area (Å²) in [5, 5.41) is 0. The molecule has 2 unspecified atom stereocenters. The molecule has 106 valence electrons. The lowest BCUT2D eigenvalue weighted by Gasteiger charge is -2.18. The van der Waals surface area contributed by atoms with Crippen LogP contribution in [0.4, 0.5) is 4.53 Å². The van der Waals surface area contributed by atoms with Gasteiger partial charge in [0.1, 0.15) is 5.75 Å². The summed E-state index contributed by atoms with van der Waals surface area (Å²) >= 11 is 0. The monoisotopic (exact) mass is 294 g/mol. The highest BCUT2D eigenvalue weighted by Gasteiger charge is 2.18. The van der Waals surface area contributed by atoms with E-state index in [1.165, 1.54) is 0 Å². The van der Waals surface area contributed by atoms with Crippen molar-refractivity contribution in [3.05, 3.63) is 65.2 Å². The summed E-state index contributed by atoms with van der Waals surface area (Å²) in [5.41, 5.74) is 3.07. The number of benzene rings is 2. The average Bonchev–Trinajstić information content (AvgIpc) is 2.49. The van der Waals surface area contributed by atoms with Crippen LogP contribution in [0.3, 0.4) is 0 Å². The second-order valence-corrected chi connectivity index (χ2v) is 5.37. The zero-order valence-corrected chi connectivity index (χ0v) is 12.2. The highest BCUT2D eigenvalue weighted by molar-refractivity contribution is 7.40. The molecule has 0 fully saturated rings. The first kappa shape index (κ1) is 14.9. The fourth-order valence-electron chi connectivity index (χ4n) is 2.11. The van der Waals surface area contributed by atoms with Gasteiger partial charge in [0.05, 0.1) is 0 Å². The van der Waals surface area contributed by atoms with E-state index in [0.717, 1.165) is 16.7 Å². The fraction of sp³-hybridized carbons (Fsp3) is 0.200. The summed E-state index contributed by atoms with van der Waals surface area (Å²) in [6.45, 7) is 4.01. The Morgan fingerprint density at radius 2 is 1.85 bits per heavy atom. The van der Waals surface area contributed by atoms with Gasteiger partial charge in [0.2, 0.25) is 0 Å². The largest absolute Gasteiger partial charge is 0.428 e. The second-order valence-electron chi connectivity index (χ2n) is 4.57. The first-order valence-electron chi connectivity index (χ1n) is 6.23. The molecule has 20 heavy (non-hydrogen) atoms. The van der Waals surface area contributed by atoms with Gasteiger partial charge in [-0.15, -0.1) is 0 Å². The normalized spacial score (nSPS) is 13.8. The molecule has 0 heterocycles. The van der Waals surface area contributed by atoms with Gasteiger partial charge >= 0.3 is 8.60 Å². The van der Waals surface area contributed by atoms with Crippen molar-refractivity contribution in [2.45, 2.75) is 19.8 Å². The van der Waals surface area contributed by atoms with Crippen LogP contribution in [-0.2, 0) is 4.73 Å². The molecule has 0 aliphatic heterocycles. The lowest BCUT2D eigenvalue weighted by Crippen LogP contribution is -2.00. The predicted octanol–water partition coefficient (Wildman–Crippen LogP) is 4.65. The van der Waals surface area contributed by atoms with E-state index >= 15 is 0 Å². The summed E-state index contributed by atoms with van der Waals surface area (Å²) in [7, 11) is -2.54. The average molecular weight is 294 g/mol. The third-order valence-corrected chi connectivity index (χ3v) is 3.64. The summed E-state index contributed by atoms with van der Waals surface area (Å²) in [6.07, 6.45) is 0. The van der Waals surface area contributed by atoms with Crippen LogP contribution in [-0.4, -0.2) is 4.89 Å². The molecule has 0 aliphatic rings. The SMILES string of the molecule is Cc1ccc(OP(O)OF)c(C(C)c2ccccc2)c1. The molecule has 0 aliphatic carbocycles. The lowest BCUT2D eigenvalue weighted by molar-refractivity contribution is -0.0178. The predicted molar refractivity (Wildman–Crippen MR) is 77.1 cm³/mol. The summed E-state index contributed by atoms with van der Waals surface area (Å²) in [5.74, 6) is 0.493. The first-order valence-corrected chi connectivity index (χ1v) is 7.36. The highest BCUT2D eigenvalue weighted by atomic mass is 31.2. The number of hydrogen-bond donors (Lipinski definition) is 1. The van der Waals surface area contributed by atoms with Gasteiger partial charge in [-0.1, -0.05) is 59.7 Å². The molecular formula is C15H16FO3P. The van der Waals surface area contributed by atoms with Crippen LogP contribution < -0.4 is 4.52 Å². The van der Waals surface area contributed by atoms with Gasteiger partial charge in [-0.2, -0.15) is 0 Å². The molecule has 0 radical (unpaired) electrons. The maximum Gasteiger partial charge on any atom is 0.428 e. The van der Waals surface area contributed by atoms with Gasteiger partial charge < -0.3 is 9.42 Å². The van der Waals surface area contributed by atoms with Gasteiger partial charge in [0, 0.05) is 11.5 Å². The number of rotatable bonds is 5. The third kappa shape index (κ3) is 3.54. The van der Waals surface area contributed by atoms with Crippen molar-refractivity contribution in [1.29, 1.82) is 0 Å². The molecule has 1 N–H and O–H groups in total. The van der Waals surface area contributed by atoms with E-state index < -0.39 is 8.60 Å². The minimum atomic E-state index is -2.54. The van der Waals surface area contributed by atoms with Crippen molar-refractivity contribution >= 4 is 8.60 Å². The molecule has 2 atom stereocenters. The van der Waals surface area contributed by atoms with Crippen LogP contribution in [0, 0.1) is 6.92 Å². The third-order valence-electron chi connectivity index (χ3n) is 3.17. The van der Waals surface area contributed by atoms with Crippen molar-refractivity contribution in [1.82, 2.24) is 0 Å². The van der Waals surface area contributed by atoms with Crippen LogP contribution in [0.1, 0.15) is 29.5 Å². The summed E-state index contributed by atoms with van der Waals surface area (Å²) in [4.78, 5) is 9.20. The summed E-state index contributed by atoms with van der Waals surface area (Å²) < 4.78 is 20.4. The molecule has 0 bridgehead atoms. The minimum Gasteiger partial charge on any atom is -0.425 e. The van der Waals surface area contributed by atoms with Gasteiger partial charge in [0.15, 0.2) is 0 Å². The Hall–Kier alpha value is -1.48. The quantitative estimate of drug-likeness (QED) is 0.816. The first-order chi connectivity index (χ1) is 9.61. The zero-order valence-electron chi connectivity index (χ0n) is 11.3. The summed E-state index contributed by atoms with van der Waals surface area (Å²) in [6, 6.07) is 15.4. The molecule has 0 amide bonds. The molecule has 0 aromatic heterocycles. The lowest BCUT2D eigenvalue weighted by atomic mass is 9.91. The maximum atomic E-state index is 12.0. The van der Waals surface area contributed by atoms with E-state index in [9.17, 15) is 9.42 Å². The van der Waals surface area contributed by atoms with Crippen LogP contribution in [0.15, 0.2) is 48.5 Å². The second kappa shape index (κ2) is 6.80. The Labute approximate surface area is 118 Å². The standard InChI is InChI=1S/C15H16FO3P/c1-11-8-9-15(18-20(17)19-16)14(10-11)12(2)13-6-4-3-5-7-13/h3-10,12,17H,1-2H3. The van der Waals surface area contributed by atoms with Crippen LogP contribution in [0.5, 0.6) is 5.75 Å². The van der Waals surface area contributed by atoms with Gasteiger partial charge in [-0.25, -0.2) is 0 Å². The Balaban J connectivity index is 2.36. The zero-order chi connectivity index (χ0) is 14.5. The van der Waals surface area contributed by atoms with E-state index in [2.05, 4.69) is 4.73 Å². The fourth-order valence-corrected chi connectivity index (χ4v) is 2.47. The minimum absolute atomic E-state index is 0.0640. The molecular weight excluding hydrogens is 278 g/mol. The number of aryl methyl sites for hydroxylation is 1. The van der Waals surface area contributed by atoms with Crippen LogP contribution >= 0.6 is 8.60 Å². The Bertz CT molecular complexity index is 562. The Morgan fingerprint density at radius 3 is 2.50 bits per heavy atom. The molecule has 2 rings (SSSR count). The number of halogens is 1. The van der Waals surface area contributed by atoms with Crippen LogP contribution in [0.25, 0.3) is 0 Å². The van der Waals surface area contributed by atoms with Crippen molar-refractivity contribution in [3.63, 3.8) is 0 Å². The molecule has 5 heteroatoms. The highest BCUT2D eigenvalue weighted by Crippen LogP contribution is 2.40. The Kier molecular flexibility index (Phi) is 5.07. The van der Waals surface area contributed by atoms with Gasteiger partial charge in [-0.05, 0) is 23.1 Å². The molecule has 2 aromatic carbocycles. The van der Waals surface area contributed by atoms with Crippen molar-refractivity contribution in [2.24, 2.45) is 0 Å². The molecule has 0 spiro atoms. The molecule has 0 saturated carbocycles. The van der Waals surface area contributed by atoms with E-state index in [0.29, 0.717) is 5.75 Å². The van der Waals surface area contributed by atoms with Gasteiger partial charge in [-0.3, -0.25) is 0 Å². The van der Waals surface area contributed by atoms with Crippen molar-refractivity contribution in [2.75, 3.05) is 0 Å². The van der Waals surface area contributed by atoms with Crippen molar-refractivity contribution < 1.29 is 18.7 Å². The van der Waals surface area contributed by atoms with Gasteiger partial charge in [0.25, 0.3) is 0 Å². The topological polar surface area (TPSA) is 38.7 Å². The van der Waals surface area contributed by atoms with Crippen LogP contribution in [0.2, 0.25) is 0 Å². The molecule has 0 saturated heterocycles. The molecule has 2 aromatic rings. The van der Waals surface area contributed by atoms with E-state index in [4.69, 9.17) is 4.52 Å². The smallest absolute Gasteiger partial charge is 0.425 e. The number of hydrogen-bond acceptors (Lipinski definition) is 3. The van der Waals surface area contributed by atoms with E-state index in [1.807, 2.05) is 56.3 Å². The molecule has 3 nitrogen and oxygen atoms in total. The van der Waals surface area contributed by atoms with E-state index in [-0.39, 0.29) is 5.92 Å².